The molecular formula is C27H31F9O5. The first-order valence-corrected chi connectivity index (χ1v) is 13.4. The maximum atomic E-state index is 13.0. The van der Waals surface area contributed by atoms with Crippen molar-refractivity contribution < 1.29 is 63.6 Å². The van der Waals surface area contributed by atoms with Gasteiger partial charge >= 0.3 is 30.1 Å². The maximum absolute atomic E-state index is 13.0. The monoisotopic (exact) mass is 606 g/mol. The molecule has 0 bridgehead atoms. The summed E-state index contributed by atoms with van der Waals surface area (Å²) in [6.07, 6.45) is -16.5. The number of rotatable bonds is 9. The first-order valence-electron chi connectivity index (χ1n) is 13.4. The standard InChI is InChI=1S/C27H31F9O5/c1-23-10-9-18-17-6-4-16(40-14-22(37)38)13-15(17)3-5-19(18)20(23)7-8-21(23)39-11-2-12-41-24(25(28,29)30,26(31,32)33)27(34,35)36/h4,6,13,18-21H,2-3,5,7-12,14H2,1H3,(H,37,38)/t18-,19-,20+,21+,23+/m1/s1. The lowest BCUT2D eigenvalue weighted by atomic mass is 9.55. The molecule has 1 aromatic carbocycles. The molecule has 3 aliphatic carbocycles. The van der Waals surface area contributed by atoms with Crippen LogP contribution in [0.25, 0.3) is 0 Å². The molecule has 2 fully saturated rings. The van der Waals surface area contributed by atoms with Crippen LogP contribution in [0.1, 0.15) is 62.5 Å². The number of fused-ring (bicyclic) bond motifs is 5. The third-order valence-corrected chi connectivity index (χ3v) is 9.10. The fourth-order valence-electron chi connectivity index (χ4n) is 7.26. The van der Waals surface area contributed by atoms with Crippen molar-refractivity contribution in [3.8, 4) is 5.75 Å². The van der Waals surface area contributed by atoms with E-state index in [1.54, 1.807) is 6.07 Å². The molecule has 0 heterocycles. The van der Waals surface area contributed by atoms with E-state index < -0.39 is 49.7 Å². The fourth-order valence-corrected chi connectivity index (χ4v) is 7.26. The average molecular weight is 607 g/mol. The largest absolute Gasteiger partial charge is 0.482 e. The highest BCUT2D eigenvalue weighted by Gasteiger charge is 2.85. The Morgan fingerprint density at radius 1 is 0.951 bits per heavy atom. The van der Waals surface area contributed by atoms with Gasteiger partial charge in [0.1, 0.15) is 5.75 Å². The summed E-state index contributed by atoms with van der Waals surface area (Å²) in [6.45, 7) is -0.160. The Bertz CT molecular complexity index is 1060. The second kappa shape index (κ2) is 11.1. The van der Waals surface area contributed by atoms with Gasteiger partial charge in [-0.3, -0.25) is 0 Å². The van der Waals surface area contributed by atoms with Gasteiger partial charge in [0.25, 0.3) is 0 Å². The predicted octanol–water partition coefficient (Wildman–Crippen LogP) is 7.22. The topological polar surface area (TPSA) is 65.0 Å². The number of carboxylic acids is 1. The van der Waals surface area contributed by atoms with Crippen molar-refractivity contribution in [2.24, 2.45) is 17.3 Å². The lowest BCUT2D eigenvalue weighted by Crippen LogP contribution is -2.67. The molecule has 0 spiro atoms. The first kappa shape index (κ1) is 31.7. The zero-order chi connectivity index (χ0) is 30.4. The van der Waals surface area contributed by atoms with Crippen LogP contribution in [-0.4, -0.2) is 61.1 Å². The molecule has 1 aromatic rings. The van der Waals surface area contributed by atoms with Crippen molar-refractivity contribution in [3.63, 3.8) is 0 Å². The van der Waals surface area contributed by atoms with Crippen molar-refractivity contribution in [3.05, 3.63) is 29.3 Å². The van der Waals surface area contributed by atoms with E-state index in [2.05, 4.69) is 11.7 Å². The highest BCUT2D eigenvalue weighted by Crippen LogP contribution is 2.62. The molecule has 0 aromatic heterocycles. The predicted molar refractivity (Wildman–Crippen MR) is 125 cm³/mol. The Kier molecular flexibility index (Phi) is 8.60. The Balaban J connectivity index is 1.36. The Hall–Kier alpha value is -2.22. The summed E-state index contributed by atoms with van der Waals surface area (Å²) >= 11 is 0. The van der Waals surface area contributed by atoms with E-state index in [0.29, 0.717) is 18.1 Å². The van der Waals surface area contributed by atoms with Crippen LogP contribution in [0, 0.1) is 17.3 Å². The molecule has 232 valence electrons. The number of aryl methyl sites for hydroxylation is 1. The van der Waals surface area contributed by atoms with Crippen molar-refractivity contribution in [2.75, 3.05) is 19.8 Å². The number of hydrogen-bond donors (Lipinski definition) is 1. The molecule has 0 unspecified atom stereocenters. The van der Waals surface area contributed by atoms with Crippen LogP contribution in [0.4, 0.5) is 39.5 Å². The lowest BCUT2D eigenvalue weighted by molar-refractivity contribution is -0.457. The van der Waals surface area contributed by atoms with Gasteiger partial charge in [0, 0.05) is 6.61 Å². The van der Waals surface area contributed by atoms with Crippen molar-refractivity contribution in [2.45, 2.75) is 88.0 Å². The zero-order valence-corrected chi connectivity index (χ0v) is 22.1. The second-order valence-corrected chi connectivity index (χ2v) is 11.3. The van der Waals surface area contributed by atoms with Gasteiger partial charge in [-0.15, -0.1) is 0 Å². The first-order chi connectivity index (χ1) is 18.9. The highest BCUT2D eigenvalue weighted by atomic mass is 19.4. The SMILES string of the molecule is C[C@]12CC[C@@H]3c4ccc(OCC(=O)O)cc4CC[C@H]3[C@@H]1CC[C@@H]2OCCCOC(C(F)(F)F)(C(F)(F)F)C(F)(F)F. The van der Waals surface area contributed by atoms with E-state index in [1.165, 1.54) is 5.56 Å². The zero-order valence-electron chi connectivity index (χ0n) is 22.1. The molecule has 5 atom stereocenters. The van der Waals surface area contributed by atoms with E-state index in [9.17, 15) is 44.3 Å². The van der Waals surface area contributed by atoms with Gasteiger partial charge < -0.3 is 19.3 Å². The summed E-state index contributed by atoms with van der Waals surface area (Å²) in [5.41, 5.74) is -4.26. The van der Waals surface area contributed by atoms with Crippen molar-refractivity contribution >= 4 is 5.97 Å². The Morgan fingerprint density at radius 3 is 2.22 bits per heavy atom. The normalized spacial score (nSPS) is 28.5. The lowest BCUT2D eigenvalue weighted by Gasteiger charge is -2.50. The summed E-state index contributed by atoms with van der Waals surface area (Å²) in [7, 11) is 0. The summed E-state index contributed by atoms with van der Waals surface area (Å²) < 4.78 is 132. The van der Waals surface area contributed by atoms with Crippen molar-refractivity contribution in [1.82, 2.24) is 0 Å². The van der Waals surface area contributed by atoms with Gasteiger partial charge in [0.2, 0.25) is 0 Å². The van der Waals surface area contributed by atoms with Gasteiger partial charge in [-0.25, -0.2) is 4.79 Å². The number of ether oxygens (including phenoxy) is 3. The molecule has 1 N–H and O–H groups in total. The van der Waals surface area contributed by atoms with Crippen LogP contribution < -0.4 is 4.74 Å². The van der Waals surface area contributed by atoms with Gasteiger partial charge in [-0.05, 0) is 91.4 Å². The van der Waals surface area contributed by atoms with E-state index in [1.807, 2.05) is 12.1 Å². The number of aliphatic carboxylic acids is 1. The second-order valence-electron chi connectivity index (χ2n) is 11.3. The fraction of sp³-hybridized carbons (Fsp3) is 0.741. The highest BCUT2D eigenvalue weighted by molar-refractivity contribution is 5.68. The summed E-state index contributed by atoms with van der Waals surface area (Å²) in [4.78, 5) is 10.8. The Morgan fingerprint density at radius 2 is 1.61 bits per heavy atom. The minimum Gasteiger partial charge on any atom is -0.482 e. The number of alkyl halides is 9. The molecule has 5 nitrogen and oxygen atoms in total. The van der Waals surface area contributed by atoms with Crippen LogP contribution in [0.15, 0.2) is 18.2 Å². The molecule has 2 saturated carbocycles. The molecular weight excluding hydrogens is 575 g/mol. The average Bonchev–Trinajstić information content (AvgIpc) is 3.18. The summed E-state index contributed by atoms with van der Waals surface area (Å²) in [5.74, 6) is 0.276. The van der Waals surface area contributed by atoms with E-state index >= 15 is 0 Å². The summed E-state index contributed by atoms with van der Waals surface area (Å²) in [5, 5.41) is 8.84. The molecule has 0 aliphatic heterocycles. The summed E-state index contributed by atoms with van der Waals surface area (Å²) in [6, 6.07) is 5.60. The molecule has 4 rings (SSSR count). The van der Waals surface area contributed by atoms with Gasteiger partial charge in [0.05, 0.1) is 12.7 Å². The third-order valence-electron chi connectivity index (χ3n) is 9.10. The van der Waals surface area contributed by atoms with E-state index in [4.69, 9.17) is 14.6 Å². The molecule has 14 heteroatoms. The smallest absolute Gasteiger partial charge is 0.435 e. The maximum Gasteiger partial charge on any atom is 0.435 e. The van der Waals surface area contributed by atoms with E-state index in [0.717, 1.165) is 37.7 Å². The number of halogens is 9. The molecule has 0 amide bonds. The number of carboxylic acid groups (broad SMARTS) is 1. The van der Waals surface area contributed by atoms with Crippen LogP contribution in [0.5, 0.6) is 5.75 Å². The van der Waals surface area contributed by atoms with Crippen molar-refractivity contribution in [1.29, 1.82) is 0 Å². The van der Waals surface area contributed by atoms with Gasteiger partial charge in [-0.2, -0.15) is 39.5 Å². The van der Waals surface area contributed by atoms with Gasteiger partial charge in [0.15, 0.2) is 6.61 Å². The van der Waals surface area contributed by atoms with E-state index in [-0.39, 0.29) is 30.0 Å². The van der Waals surface area contributed by atoms with Crippen LogP contribution in [0.3, 0.4) is 0 Å². The molecule has 0 radical (unpaired) electrons. The number of benzene rings is 1. The minimum absolute atomic E-state index is 0.256. The quantitative estimate of drug-likeness (QED) is 0.238. The minimum atomic E-state index is -6.75. The van der Waals surface area contributed by atoms with Crippen LogP contribution in [-0.2, 0) is 20.7 Å². The van der Waals surface area contributed by atoms with Crippen LogP contribution in [0.2, 0.25) is 0 Å². The third kappa shape index (κ3) is 5.74. The van der Waals surface area contributed by atoms with Crippen LogP contribution >= 0.6 is 0 Å². The Labute approximate surface area is 230 Å². The number of carbonyl (C=O) groups is 1. The molecule has 0 saturated heterocycles. The number of hydrogen-bond acceptors (Lipinski definition) is 4. The molecule has 41 heavy (non-hydrogen) atoms. The molecule has 3 aliphatic rings. The van der Waals surface area contributed by atoms with Gasteiger partial charge in [-0.1, -0.05) is 13.0 Å².